The van der Waals surface area contributed by atoms with Gasteiger partial charge in [-0.2, -0.15) is 0 Å². The monoisotopic (exact) mass is 217 g/mol. The third kappa shape index (κ3) is 4.55. The summed E-state index contributed by atoms with van der Waals surface area (Å²) in [5.74, 6) is -3.81. The largest absolute Gasteiger partial charge is 0.480 e. The van der Waals surface area contributed by atoms with Crippen molar-refractivity contribution in [3.8, 4) is 0 Å². The molecule has 0 aliphatic carbocycles. The molecule has 6 nitrogen and oxygen atoms in total. The summed E-state index contributed by atoms with van der Waals surface area (Å²) in [7, 11) is 0. The molecule has 0 amide bonds. The Kier molecular flexibility index (Phi) is 4.41. The Balaban J connectivity index is 4.62. The van der Waals surface area contributed by atoms with Crippen molar-refractivity contribution in [3.63, 3.8) is 0 Å². The molecule has 0 aliphatic rings. The lowest BCUT2D eigenvalue weighted by molar-refractivity contribution is -0.164. The molecule has 0 aromatic heterocycles. The second-order valence-electron chi connectivity index (χ2n) is 4.06. The van der Waals surface area contributed by atoms with Gasteiger partial charge >= 0.3 is 11.9 Å². The quantitative estimate of drug-likeness (QED) is 0.375. The molecule has 0 radical (unpaired) electrons. The first-order valence-electron chi connectivity index (χ1n) is 4.35. The first-order chi connectivity index (χ1) is 6.69. The van der Waals surface area contributed by atoms with Gasteiger partial charge in [0.2, 0.25) is 0 Å². The van der Waals surface area contributed by atoms with Gasteiger partial charge in [-0.05, 0) is 20.8 Å². The van der Waals surface area contributed by atoms with Crippen molar-refractivity contribution in [1.29, 1.82) is 0 Å². The van der Waals surface area contributed by atoms with Gasteiger partial charge in [0.05, 0.1) is 0 Å². The zero-order valence-electron chi connectivity index (χ0n) is 8.89. The van der Waals surface area contributed by atoms with Crippen LogP contribution in [0.4, 0.5) is 0 Å². The van der Waals surface area contributed by atoms with Crippen molar-refractivity contribution in [2.75, 3.05) is 0 Å². The van der Waals surface area contributed by atoms with E-state index in [9.17, 15) is 14.4 Å². The molecule has 0 saturated carbocycles. The van der Waals surface area contributed by atoms with Gasteiger partial charge < -0.3 is 20.4 Å². The van der Waals surface area contributed by atoms with E-state index in [1.165, 1.54) is 0 Å². The second kappa shape index (κ2) is 4.88. The lowest BCUT2D eigenvalue weighted by Gasteiger charge is -2.22. The average molecular weight is 217 g/mol. The first kappa shape index (κ1) is 13.6. The highest BCUT2D eigenvalue weighted by molar-refractivity contribution is 5.94. The van der Waals surface area contributed by atoms with E-state index in [2.05, 4.69) is 0 Å². The number of carboxylic acids is 1. The highest BCUT2D eigenvalue weighted by Crippen LogP contribution is 2.12. The molecule has 0 aliphatic heterocycles. The molecule has 0 saturated heterocycles. The lowest BCUT2D eigenvalue weighted by atomic mass is 10.0. The number of aldehydes is 1. The Hall–Kier alpha value is -1.43. The molecule has 0 aromatic carbocycles. The van der Waals surface area contributed by atoms with Gasteiger partial charge in [0.15, 0.2) is 0 Å². The van der Waals surface area contributed by atoms with Crippen molar-refractivity contribution in [2.24, 2.45) is 11.7 Å². The number of carboxylic acid groups (broad SMARTS) is 1. The van der Waals surface area contributed by atoms with E-state index in [0.717, 1.165) is 0 Å². The van der Waals surface area contributed by atoms with E-state index in [-0.39, 0.29) is 6.29 Å². The molecular weight excluding hydrogens is 202 g/mol. The smallest absolute Gasteiger partial charge is 0.321 e. The minimum atomic E-state index is -1.57. The maximum Gasteiger partial charge on any atom is 0.321 e. The summed E-state index contributed by atoms with van der Waals surface area (Å²) in [5.41, 5.74) is 4.38. The minimum absolute atomic E-state index is 0.187. The van der Waals surface area contributed by atoms with Crippen molar-refractivity contribution in [1.82, 2.24) is 0 Å². The number of aliphatic carboxylic acids is 1. The van der Waals surface area contributed by atoms with Crippen LogP contribution in [0.15, 0.2) is 0 Å². The number of hydrogen-bond donors (Lipinski definition) is 2. The third-order valence-corrected chi connectivity index (χ3v) is 1.50. The van der Waals surface area contributed by atoms with E-state index in [4.69, 9.17) is 15.6 Å². The van der Waals surface area contributed by atoms with E-state index >= 15 is 0 Å². The van der Waals surface area contributed by atoms with Crippen LogP contribution in [-0.4, -0.2) is 35.0 Å². The zero-order chi connectivity index (χ0) is 12.2. The Morgan fingerprint density at radius 1 is 1.40 bits per heavy atom. The molecule has 6 heteroatoms. The van der Waals surface area contributed by atoms with Gasteiger partial charge in [-0.15, -0.1) is 0 Å². The first-order valence-corrected chi connectivity index (χ1v) is 4.35. The van der Waals surface area contributed by atoms with E-state index < -0.39 is 29.5 Å². The maximum atomic E-state index is 11.3. The zero-order valence-corrected chi connectivity index (χ0v) is 8.89. The Morgan fingerprint density at radius 3 is 2.13 bits per heavy atom. The standard InChI is InChI=1S/C9H15NO5/c1-9(2,3)15-8(14)5(4-11)6(10)7(12)13/h4-6H,10H2,1-3H3,(H,12,13)/t5-,6+/m1/s1. The fourth-order valence-corrected chi connectivity index (χ4v) is 0.810. The highest BCUT2D eigenvalue weighted by Gasteiger charge is 2.33. The van der Waals surface area contributed by atoms with Crippen LogP contribution in [-0.2, 0) is 19.1 Å². The summed E-state index contributed by atoms with van der Waals surface area (Å²) in [6.45, 7) is 4.83. The highest BCUT2D eigenvalue weighted by atomic mass is 16.6. The van der Waals surface area contributed by atoms with Crippen LogP contribution >= 0.6 is 0 Å². The van der Waals surface area contributed by atoms with Crippen molar-refractivity contribution in [2.45, 2.75) is 32.4 Å². The van der Waals surface area contributed by atoms with Crippen LogP contribution < -0.4 is 5.73 Å². The minimum Gasteiger partial charge on any atom is -0.480 e. The lowest BCUT2D eigenvalue weighted by Crippen LogP contribution is -2.45. The van der Waals surface area contributed by atoms with Crippen LogP contribution in [0.1, 0.15) is 20.8 Å². The summed E-state index contributed by atoms with van der Waals surface area (Å²) in [6, 6.07) is -1.57. The topological polar surface area (TPSA) is 107 Å². The van der Waals surface area contributed by atoms with Gasteiger partial charge in [0.25, 0.3) is 0 Å². The maximum absolute atomic E-state index is 11.3. The second-order valence-corrected chi connectivity index (χ2v) is 4.06. The molecule has 0 spiro atoms. The third-order valence-electron chi connectivity index (χ3n) is 1.50. The van der Waals surface area contributed by atoms with Crippen molar-refractivity contribution in [3.05, 3.63) is 0 Å². The summed E-state index contributed by atoms with van der Waals surface area (Å²) in [4.78, 5) is 32.4. The van der Waals surface area contributed by atoms with Gasteiger partial charge in [-0.1, -0.05) is 0 Å². The summed E-state index contributed by atoms with van der Waals surface area (Å²) in [5, 5.41) is 8.54. The molecular formula is C9H15NO5. The number of carbonyl (C=O) groups excluding carboxylic acids is 2. The summed E-state index contributed by atoms with van der Waals surface area (Å²) < 4.78 is 4.85. The number of hydrogen-bond acceptors (Lipinski definition) is 5. The molecule has 0 bridgehead atoms. The summed E-state index contributed by atoms with van der Waals surface area (Å²) >= 11 is 0. The summed E-state index contributed by atoms with van der Waals surface area (Å²) in [6.07, 6.45) is 0.187. The molecule has 0 unspecified atom stereocenters. The van der Waals surface area contributed by atoms with Gasteiger partial charge in [0, 0.05) is 0 Å². The molecule has 3 N–H and O–H groups in total. The molecule has 0 heterocycles. The van der Waals surface area contributed by atoms with Gasteiger partial charge in [0.1, 0.15) is 23.8 Å². The molecule has 15 heavy (non-hydrogen) atoms. The SMILES string of the molecule is CC(C)(C)OC(=O)[C@H](C=O)[C@H](N)C(=O)O. The predicted octanol–water partition coefficient (Wildman–Crippen LogP) is -0.445. The molecule has 2 atom stereocenters. The van der Waals surface area contributed by atoms with Crippen molar-refractivity contribution >= 4 is 18.2 Å². The average Bonchev–Trinajstić information content (AvgIpc) is 2.01. The Bertz CT molecular complexity index is 268. The number of esters is 1. The number of rotatable bonds is 4. The Morgan fingerprint density at radius 2 is 1.87 bits per heavy atom. The van der Waals surface area contributed by atoms with E-state index in [0.29, 0.717) is 0 Å². The normalized spacial score (nSPS) is 15.2. The Labute approximate surface area is 87.4 Å². The van der Waals surface area contributed by atoms with Crippen LogP contribution in [0.2, 0.25) is 0 Å². The van der Waals surface area contributed by atoms with Crippen LogP contribution in [0.25, 0.3) is 0 Å². The van der Waals surface area contributed by atoms with E-state index in [1.54, 1.807) is 20.8 Å². The van der Waals surface area contributed by atoms with Crippen LogP contribution in [0.3, 0.4) is 0 Å². The number of ether oxygens (including phenoxy) is 1. The number of nitrogens with two attached hydrogens (primary N) is 1. The molecule has 0 aromatic rings. The van der Waals surface area contributed by atoms with Gasteiger partial charge in [-0.25, -0.2) is 0 Å². The van der Waals surface area contributed by atoms with Crippen LogP contribution in [0.5, 0.6) is 0 Å². The van der Waals surface area contributed by atoms with Gasteiger partial charge in [-0.3, -0.25) is 9.59 Å². The van der Waals surface area contributed by atoms with E-state index in [1.807, 2.05) is 0 Å². The fraction of sp³-hybridized carbons (Fsp3) is 0.667. The van der Waals surface area contributed by atoms with Crippen LogP contribution in [0, 0.1) is 5.92 Å². The predicted molar refractivity (Wildman–Crippen MR) is 51.0 cm³/mol. The molecule has 86 valence electrons. The number of carbonyl (C=O) groups is 3. The molecule has 0 rings (SSSR count). The molecule has 0 fully saturated rings. The fourth-order valence-electron chi connectivity index (χ4n) is 0.810. The van der Waals surface area contributed by atoms with Crippen molar-refractivity contribution < 1.29 is 24.2 Å².